The molecule has 0 fully saturated rings. The van der Waals surface area contributed by atoms with Crippen LogP contribution in [0.1, 0.15) is 340 Å². The van der Waals surface area contributed by atoms with Gasteiger partial charge in [-0.25, -0.2) is 4.57 Å². The SMILES string of the molecule is CCCCCCCCCCCCCCCCCCc1cc[n+](CCCCCCCCCCCCCCCCCC)cc1CCCCCCCCCCCCCCCCCC. The Bertz CT molecular complexity index is 935. The number of rotatable bonds is 51. The van der Waals surface area contributed by atoms with Crippen LogP contribution >= 0.6 is 0 Å². The summed E-state index contributed by atoms with van der Waals surface area (Å²) in [5, 5.41) is 0. The normalized spacial score (nSPS) is 11.7. The van der Waals surface area contributed by atoms with Crippen LogP contribution in [0.2, 0.25) is 0 Å². The number of pyridine rings is 1. The van der Waals surface area contributed by atoms with Crippen molar-refractivity contribution in [1.29, 1.82) is 0 Å². The molecule has 354 valence electrons. The molecule has 0 atom stereocenters. The Morgan fingerprint density at radius 2 is 0.467 bits per heavy atom. The van der Waals surface area contributed by atoms with Crippen molar-refractivity contribution in [3.8, 4) is 0 Å². The second-order valence-electron chi connectivity index (χ2n) is 20.1. The second kappa shape index (κ2) is 49.2. The topological polar surface area (TPSA) is 3.88 Å². The number of aromatic nitrogens is 1. The minimum atomic E-state index is 1.21. The highest BCUT2D eigenvalue weighted by atomic mass is 14.9. The Morgan fingerprint density at radius 1 is 0.250 bits per heavy atom. The highest BCUT2D eigenvalue weighted by Gasteiger charge is 2.10. The van der Waals surface area contributed by atoms with Gasteiger partial charge in [0.1, 0.15) is 6.54 Å². The summed E-state index contributed by atoms with van der Waals surface area (Å²) in [6.07, 6.45) is 77.2. The van der Waals surface area contributed by atoms with E-state index in [1.165, 1.54) is 328 Å². The molecule has 0 aromatic carbocycles. The number of hydrogen-bond donors (Lipinski definition) is 0. The van der Waals surface area contributed by atoms with Crippen LogP contribution in [0.15, 0.2) is 18.5 Å². The average Bonchev–Trinajstić information content (AvgIpc) is 3.26. The third-order valence-corrected chi connectivity index (χ3v) is 14.1. The van der Waals surface area contributed by atoms with Gasteiger partial charge in [-0.2, -0.15) is 0 Å². The molecule has 0 amide bonds. The zero-order chi connectivity index (χ0) is 42.9. The van der Waals surface area contributed by atoms with E-state index in [9.17, 15) is 0 Å². The van der Waals surface area contributed by atoms with E-state index in [1.54, 1.807) is 11.1 Å². The van der Waals surface area contributed by atoms with Crippen LogP contribution in [-0.2, 0) is 19.4 Å². The molecule has 1 rings (SSSR count). The van der Waals surface area contributed by atoms with Crippen LogP contribution in [0.5, 0.6) is 0 Å². The maximum Gasteiger partial charge on any atom is 0.172 e. The van der Waals surface area contributed by atoms with E-state index in [4.69, 9.17) is 0 Å². The zero-order valence-corrected chi connectivity index (χ0v) is 42.2. The lowest BCUT2D eigenvalue weighted by Gasteiger charge is -2.10. The monoisotopic (exact) mass is 837 g/mol. The van der Waals surface area contributed by atoms with Crippen LogP contribution in [0.25, 0.3) is 0 Å². The summed E-state index contributed by atoms with van der Waals surface area (Å²) in [5.41, 5.74) is 3.35. The van der Waals surface area contributed by atoms with Gasteiger partial charge in [0.25, 0.3) is 0 Å². The Labute approximate surface area is 381 Å². The molecular weight excluding hydrogens is 723 g/mol. The smallest absolute Gasteiger partial charge is 0.172 e. The number of nitrogens with zero attached hydrogens (tertiary/aromatic N) is 1. The van der Waals surface area contributed by atoms with Crippen molar-refractivity contribution < 1.29 is 4.57 Å². The van der Waals surface area contributed by atoms with Crippen LogP contribution in [0, 0.1) is 0 Å². The fourth-order valence-electron chi connectivity index (χ4n) is 9.80. The fraction of sp³-hybridized carbons (Fsp3) is 0.915. The maximum absolute atomic E-state index is 2.58. The van der Waals surface area contributed by atoms with Gasteiger partial charge in [-0.15, -0.1) is 0 Å². The van der Waals surface area contributed by atoms with Gasteiger partial charge < -0.3 is 0 Å². The van der Waals surface area contributed by atoms with E-state index in [1.807, 2.05) is 0 Å². The van der Waals surface area contributed by atoms with Crippen LogP contribution in [-0.4, -0.2) is 0 Å². The molecule has 0 aliphatic carbocycles. The third kappa shape index (κ3) is 41.2. The summed E-state index contributed by atoms with van der Waals surface area (Å²) in [7, 11) is 0. The molecule has 0 N–H and O–H groups in total. The van der Waals surface area contributed by atoms with Crippen LogP contribution in [0.4, 0.5) is 0 Å². The Morgan fingerprint density at radius 3 is 0.733 bits per heavy atom. The molecule has 0 unspecified atom stereocenters. The van der Waals surface area contributed by atoms with Gasteiger partial charge in [0.2, 0.25) is 0 Å². The predicted octanol–water partition coefficient (Wildman–Crippen LogP) is 20.8. The molecule has 1 nitrogen and oxygen atoms in total. The molecule has 0 radical (unpaired) electrons. The van der Waals surface area contributed by atoms with E-state index in [0.29, 0.717) is 0 Å². The molecule has 1 aromatic rings. The van der Waals surface area contributed by atoms with Crippen molar-refractivity contribution in [2.24, 2.45) is 0 Å². The summed E-state index contributed by atoms with van der Waals surface area (Å²) in [4.78, 5) is 0. The van der Waals surface area contributed by atoms with E-state index in [0.717, 1.165) is 0 Å². The van der Waals surface area contributed by atoms with Crippen LogP contribution < -0.4 is 4.57 Å². The first-order valence-corrected chi connectivity index (χ1v) is 28.8. The molecule has 0 saturated heterocycles. The molecule has 0 bridgehead atoms. The standard InChI is InChI=1S/C59H114N/c1-4-7-10-13-16-19-22-25-28-31-34-37-40-43-46-49-52-58-54-56-60(55-51-48-45-42-39-36-33-30-27-24-21-18-15-12-9-6-3)57-59(58)53-50-47-44-41-38-35-32-29-26-23-20-17-14-11-8-5-2/h54,56-57H,4-53,55H2,1-3H3/q+1. The van der Waals surface area contributed by atoms with Crippen molar-refractivity contribution >= 4 is 0 Å². The molecule has 0 aliphatic heterocycles. The van der Waals surface area contributed by atoms with Crippen molar-refractivity contribution in [3.63, 3.8) is 0 Å². The zero-order valence-electron chi connectivity index (χ0n) is 42.2. The lowest BCUT2D eigenvalue weighted by molar-refractivity contribution is -0.697. The van der Waals surface area contributed by atoms with E-state index >= 15 is 0 Å². The molecule has 60 heavy (non-hydrogen) atoms. The molecule has 0 saturated carbocycles. The van der Waals surface area contributed by atoms with E-state index in [2.05, 4.69) is 43.8 Å². The fourth-order valence-corrected chi connectivity index (χ4v) is 9.80. The highest BCUT2D eigenvalue weighted by molar-refractivity contribution is 5.21. The lowest BCUT2D eigenvalue weighted by Crippen LogP contribution is -2.34. The summed E-state index contributed by atoms with van der Waals surface area (Å²) in [6.45, 7) is 8.17. The summed E-state index contributed by atoms with van der Waals surface area (Å²) >= 11 is 0. The first-order valence-electron chi connectivity index (χ1n) is 28.8. The maximum atomic E-state index is 2.58. The van der Waals surface area contributed by atoms with Gasteiger partial charge in [-0.05, 0) is 37.7 Å². The van der Waals surface area contributed by atoms with E-state index in [-0.39, 0.29) is 0 Å². The third-order valence-electron chi connectivity index (χ3n) is 14.1. The van der Waals surface area contributed by atoms with Crippen molar-refractivity contribution in [1.82, 2.24) is 0 Å². The van der Waals surface area contributed by atoms with Gasteiger partial charge in [-0.3, -0.25) is 0 Å². The summed E-state index contributed by atoms with van der Waals surface area (Å²) in [6, 6.07) is 2.53. The van der Waals surface area contributed by atoms with Crippen LogP contribution in [0.3, 0.4) is 0 Å². The van der Waals surface area contributed by atoms with Crippen molar-refractivity contribution in [3.05, 3.63) is 29.6 Å². The largest absolute Gasteiger partial charge is 0.205 e. The lowest BCUT2D eigenvalue weighted by atomic mass is 9.97. The molecule has 1 heteroatoms. The van der Waals surface area contributed by atoms with Gasteiger partial charge in [-0.1, -0.05) is 303 Å². The van der Waals surface area contributed by atoms with Crippen molar-refractivity contribution in [2.75, 3.05) is 0 Å². The molecule has 1 aromatic heterocycles. The second-order valence-corrected chi connectivity index (χ2v) is 20.1. The van der Waals surface area contributed by atoms with Gasteiger partial charge in [0.05, 0.1) is 0 Å². The minimum absolute atomic E-state index is 1.21. The molecule has 1 heterocycles. The Balaban J connectivity index is 2.26. The average molecular weight is 838 g/mol. The summed E-state index contributed by atoms with van der Waals surface area (Å²) in [5.74, 6) is 0. The minimum Gasteiger partial charge on any atom is -0.205 e. The molecule has 0 spiro atoms. The summed E-state index contributed by atoms with van der Waals surface area (Å²) < 4.78 is 2.56. The van der Waals surface area contributed by atoms with Gasteiger partial charge >= 0.3 is 0 Å². The Hall–Kier alpha value is -0.850. The molecular formula is C59H114N+. The predicted molar refractivity (Wildman–Crippen MR) is 273 cm³/mol. The highest BCUT2D eigenvalue weighted by Crippen LogP contribution is 2.20. The number of unbranched alkanes of at least 4 members (excludes halogenated alkanes) is 45. The Kier molecular flexibility index (Phi) is 46.8. The van der Waals surface area contributed by atoms with Gasteiger partial charge in [0.15, 0.2) is 12.4 Å². The number of hydrogen-bond acceptors (Lipinski definition) is 0. The quantitative estimate of drug-likeness (QED) is 0.0455. The first kappa shape index (κ1) is 57.2. The van der Waals surface area contributed by atoms with Crippen molar-refractivity contribution in [2.45, 2.75) is 348 Å². The number of aryl methyl sites for hydroxylation is 3. The first-order chi connectivity index (χ1) is 29.8. The van der Waals surface area contributed by atoms with E-state index < -0.39 is 0 Å². The van der Waals surface area contributed by atoms with Gasteiger partial charge in [0, 0.05) is 18.1 Å². The molecule has 0 aliphatic rings.